The van der Waals surface area contributed by atoms with E-state index in [1.807, 2.05) is 0 Å². The Morgan fingerprint density at radius 3 is 2.83 bits per heavy atom. The van der Waals surface area contributed by atoms with E-state index in [-0.39, 0.29) is 11.4 Å². The summed E-state index contributed by atoms with van der Waals surface area (Å²) in [6.45, 7) is 0. The van der Waals surface area contributed by atoms with E-state index < -0.39 is 0 Å². The summed E-state index contributed by atoms with van der Waals surface area (Å²) in [4.78, 5) is 16.5. The quantitative estimate of drug-likeness (QED) is 0.784. The van der Waals surface area contributed by atoms with Gasteiger partial charge in [-0.05, 0) is 25.7 Å². The lowest BCUT2D eigenvalue weighted by Crippen LogP contribution is -2.19. The molecular formula is C14H19NO2S. The first-order valence-electron chi connectivity index (χ1n) is 6.76. The molecule has 0 radical (unpaired) electrons. The number of ether oxygens (including phenoxy) is 1. The summed E-state index contributed by atoms with van der Waals surface area (Å²) in [5.74, 6) is 0.614. The van der Waals surface area contributed by atoms with Gasteiger partial charge in [0.2, 0.25) is 0 Å². The molecule has 0 amide bonds. The van der Waals surface area contributed by atoms with Crippen LogP contribution in [0.5, 0.6) is 0 Å². The average molecular weight is 265 g/mol. The molecule has 1 heterocycles. The summed E-state index contributed by atoms with van der Waals surface area (Å²) in [5, 5.41) is 3.30. The van der Waals surface area contributed by atoms with Crippen LogP contribution < -0.4 is 0 Å². The summed E-state index contributed by atoms with van der Waals surface area (Å²) < 4.78 is 4.89. The second-order valence-corrected chi connectivity index (χ2v) is 6.54. The van der Waals surface area contributed by atoms with Gasteiger partial charge in [0.25, 0.3) is 0 Å². The van der Waals surface area contributed by atoms with E-state index in [4.69, 9.17) is 9.72 Å². The maximum Gasteiger partial charge on any atom is 0.312 e. The molecule has 4 heteroatoms. The first kappa shape index (κ1) is 12.2. The number of esters is 1. The second kappa shape index (κ2) is 4.65. The lowest BCUT2D eigenvalue weighted by Gasteiger charge is -2.10. The molecule has 0 saturated heterocycles. The average Bonchev–Trinajstić information content (AvgIpc) is 2.84. The molecule has 0 unspecified atom stereocenters. The van der Waals surface area contributed by atoms with E-state index in [1.54, 1.807) is 11.3 Å². The Hall–Kier alpha value is -0.900. The van der Waals surface area contributed by atoms with Crippen molar-refractivity contribution in [1.82, 2.24) is 4.98 Å². The van der Waals surface area contributed by atoms with Crippen LogP contribution in [0.15, 0.2) is 5.38 Å². The Bertz CT molecular complexity index is 444. The molecule has 0 N–H and O–H groups in total. The zero-order valence-corrected chi connectivity index (χ0v) is 11.6. The molecule has 0 spiro atoms. The number of hydrogen-bond acceptors (Lipinski definition) is 4. The molecule has 3 rings (SSSR count). The number of carbonyl (C=O) groups excluding carboxylic acids is 1. The lowest BCUT2D eigenvalue weighted by atomic mass is 10.0. The van der Waals surface area contributed by atoms with E-state index in [0.717, 1.165) is 24.3 Å². The molecule has 1 aromatic heterocycles. The molecule has 2 aliphatic rings. The third-order valence-electron chi connectivity index (χ3n) is 4.30. The van der Waals surface area contributed by atoms with Crippen LogP contribution >= 0.6 is 11.3 Å². The molecule has 0 bridgehead atoms. The van der Waals surface area contributed by atoms with Crippen LogP contribution in [-0.4, -0.2) is 18.1 Å². The van der Waals surface area contributed by atoms with Gasteiger partial charge in [-0.25, -0.2) is 4.98 Å². The second-order valence-electron chi connectivity index (χ2n) is 5.60. The van der Waals surface area contributed by atoms with Gasteiger partial charge >= 0.3 is 5.97 Å². The molecular weight excluding hydrogens is 246 g/mol. The van der Waals surface area contributed by atoms with Crippen molar-refractivity contribution in [1.29, 1.82) is 0 Å². The van der Waals surface area contributed by atoms with Crippen molar-refractivity contribution in [2.75, 3.05) is 7.11 Å². The highest BCUT2D eigenvalue weighted by Gasteiger charge is 2.51. The summed E-state index contributed by atoms with van der Waals surface area (Å²) >= 11 is 1.71. The van der Waals surface area contributed by atoms with Crippen molar-refractivity contribution in [3.63, 3.8) is 0 Å². The topological polar surface area (TPSA) is 39.2 Å². The number of hydrogen-bond donors (Lipinski definition) is 0. The maximum atomic E-state index is 11.7. The number of thiazole rings is 1. The smallest absolute Gasteiger partial charge is 0.312 e. The fraction of sp³-hybridized carbons (Fsp3) is 0.714. The van der Waals surface area contributed by atoms with Crippen LogP contribution in [0.4, 0.5) is 0 Å². The van der Waals surface area contributed by atoms with Crippen molar-refractivity contribution in [3.05, 3.63) is 16.1 Å². The largest absolute Gasteiger partial charge is 0.469 e. The van der Waals surface area contributed by atoms with E-state index in [1.165, 1.54) is 38.5 Å². The van der Waals surface area contributed by atoms with Gasteiger partial charge in [-0.2, -0.15) is 0 Å². The Morgan fingerprint density at radius 1 is 1.50 bits per heavy atom. The number of carbonyl (C=O) groups is 1. The molecule has 0 aliphatic heterocycles. The zero-order chi connectivity index (χ0) is 12.6. The SMILES string of the molecule is COC(=O)C1(Cc2nc(C3CCCC3)cs2)CC1. The standard InChI is InChI=1S/C14H19NO2S/c1-17-13(16)14(6-7-14)8-12-15-11(9-18-12)10-4-2-3-5-10/h9-10H,2-8H2,1H3. The third kappa shape index (κ3) is 2.18. The monoisotopic (exact) mass is 265 g/mol. The zero-order valence-electron chi connectivity index (χ0n) is 10.8. The molecule has 98 valence electrons. The minimum absolute atomic E-state index is 0.0554. The fourth-order valence-corrected chi connectivity index (χ4v) is 3.94. The van der Waals surface area contributed by atoms with Crippen LogP contribution in [0.3, 0.4) is 0 Å². The summed E-state index contributed by atoms with van der Waals surface area (Å²) in [5.41, 5.74) is 1.02. The van der Waals surface area contributed by atoms with Crippen molar-refractivity contribution in [3.8, 4) is 0 Å². The Kier molecular flexibility index (Phi) is 3.14. The number of aromatic nitrogens is 1. The minimum Gasteiger partial charge on any atom is -0.469 e. The third-order valence-corrected chi connectivity index (χ3v) is 5.17. The van der Waals surface area contributed by atoms with Gasteiger partial charge < -0.3 is 4.74 Å². The first-order valence-corrected chi connectivity index (χ1v) is 7.64. The van der Waals surface area contributed by atoms with Gasteiger partial charge in [-0.15, -0.1) is 11.3 Å². The Labute approximate surface area is 112 Å². The predicted octanol–water partition coefficient (Wildman–Crippen LogP) is 3.30. The number of nitrogens with zero attached hydrogens (tertiary/aromatic N) is 1. The van der Waals surface area contributed by atoms with Gasteiger partial charge in [0.1, 0.15) is 0 Å². The number of rotatable bonds is 4. The highest BCUT2D eigenvalue weighted by molar-refractivity contribution is 7.09. The number of methoxy groups -OCH3 is 1. The Balaban J connectivity index is 1.68. The highest BCUT2D eigenvalue weighted by atomic mass is 32.1. The summed E-state index contributed by atoms with van der Waals surface area (Å²) in [7, 11) is 1.48. The van der Waals surface area contributed by atoms with E-state index in [0.29, 0.717) is 5.92 Å². The molecule has 18 heavy (non-hydrogen) atoms. The van der Waals surface area contributed by atoms with Crippen LogP contribution in [0.1, 0.15) is 55.1 Å². The van der Waals surface area contributed by atoms with Gasteiger partial charge in [-0.1, -0.05) is 12.8 Å². The van der Waals surface area contributed by atoms with E-state index >= 15 is 0 Å². The minimum atomic E-state index is -0.237. The normalized spacial score (nSPS) is 22.1. The Morgan fingerprint density at radius 2 is 2.22 bits per heavy atom. The van der Waals surface area contributed by atoms with Crippen molar-refractivity contribution in [2.45, 2.75) is 50.9 Å². The van der Waals surface area contributed by atoms with Crippen molar-refractivity contribution < 1.29 is 9.53 Å². The highest BCUT2D eigenvalue weighted by Crippen LogP contribution is 2.50. The predicted molar refractivity (Wildman–Crippen MR) is 70.7 cm³/mol. The van der Waals surface area contributed by atoms with Crippen LogP contribution in [0.25, 0.3) is 0 Å². The molecule has 3 nitrogen and oxygen atoms in total. The summed E-state index contributed by atoms with van der Waals surface area (Å²) in [6, 6.07) is 0. The molecule has 2 saturated carbocycles. The van der Waals surface area contributed by atoms with Crippen LogP contribution in [0, 0.1) is 5.41 Å². The summed E-state index contributed by atoms with van der Waals surface area (Å²) in [6.07, 6.45) is 7.93. The molecule has 0 aromatic carbocycles. The van der Waals surface area contributed by atoms with Crippen molar-refractivity contribution >= 4 is 17.3 Å². The first-order chi connectivity index (χ1) is 8.73. The van der Waals surface area contributed by atoms with Crippen molar-refractivity contribution in [2.24, 2.45) is 5.41 Å². The van der Waals surface area contributed by atoms with Gasteiger partial charge in [0.05, 0.1) is 23.2 Å². The molecule has 0 atom stereocenters. The molecule has 2 fully saturated rings. The van der Waals surface area contributed by atoms with Gasteiger partial charge in [-0.3, -0.25) is 4.79 Å². The van der Waals surface area contributed by atoms with Crippen LogP contribution in [0.2, 0.25) is 0 Å². The van der Waals surface area contributed by atoms with E-state index in [2.05, 4.69) is 5.38 Å². The maximum absolute atomic E-state index is 11.7. The van der Waals surface area contributed by atoms with Crippen LogP contribution in [-0.2, 0) is 16.0 Å². The molecule has 1 aromatic rings. The molecule has 2 aliphatic carbocycles. The lowest BCUT2D eigenvalue weighted by molar-refractivity contribution is -0.147. The fourth-order valence-electron chi connectivity index (χ4n) is 2.93. The van der Waals surface area contributed by atoms with Gasteiger partial charge in [0.15, 0.2) is 0 Å². The van der Waals surface area contributed by atoms with E-state index in [9.17, 15) is 4.79 Å². The van der Waals surface area contributed by atoms with Gasteiger partial charge in [0, 0.05) is 17.7 Å².